The van der Waals surface area contributed by atoms with Gasteiger partial charge in [0.15, 0.2) is 0 Å². The van der Waals surface area contributed by atoms with E-state index >= 15 is 0 Å². The Balaban J connectivity index is 3.16. The number of hydrogen-bond acceptors (Lipinski definition) is 2. The Kier molecular flexibility index (Phi) is 3.24. The Morgan fingerprint density at radius 2 is 2.08 bits per heavy atom. The molecule has 0 fully saturated rings. The first kappa shape index (κ1) is 10.5. The molecule has 0 radical (unpaired) electrons. The van der Waals surface area contributed by atoms with Crippen LogP contribution >= 0.6 is 27.3 Å². The molecule has 1 aromatic rings. The van der Waals surface area contributed by atoms with Crippen molar-refractivity contribution in [1.82, 2.24) is 0 Å². The third kappa shape index (κ3) is 2.24. The molecule has 0 N–H and O–H groups in total. The topological polar surface area (TPSA) is 23.8 Å². The molecule has 0 amide bonds. The summed E-state index contributed by atoms with van der Waals surface area (Å²) in [5.74, 6) is 0. The summed E-state index contributed by atoms with van der Waals surface area (Å²) in [7, 11) is 0. The van der Waals surface area contributed by atoms with E-state index < -0.39 is 18.4 Å². The van der Waals surface area contributed by atoms with Crippen LogP contribution in [0.5, 0.6) is 0 Å². The van der Waals surface area contributed by atoms with Crippen LogP contribution in [-0.2, 0) is 0 Å². The SMILES string of the molecule is [CH3][Sn]([CH3])([CH3])[c]1cc(C#N)c(Br)s1. The van der Waals surface area contributed by atoms with Gasteiger partial charge in [-0.1, -0.05) is 0 Å². The van der Waals surface area contributed by atoms with Crippen LogP contribution in [0.3, 0.4) is 0 Å². The molecule has 1 rings (SSSR count). The van der Waals surface area contributed by atoms with Crippen LogP contribution in [-0.4, -0.2) is 18.4 Å². The molecule has 0 saturated carbocycles. The van der Waals surface area contributed by atoms with E-state index in [9.17, 15) is 0 Å². The molecule has 0 unspecified atom stereocenters. The summed E-state index contributed by atoms with van der Waals surface area (Å²) in [6, 6.07) is 4.23. The molecular weight excluding hydrogens is 341 g/mol. The van der Waals surface area contributed by atoms with E-state index in [1.54, 1.807) is 11.3 Å². The van der Waals surface area contributed by atoms with Crippen LogP contribution in [0.25, 0.3) is 0 Å². The maximum atomic E-state index is 8.75. The van der Waals surface area contributed by atoms with Crippen LogP contribution < -0.4 is 2.89 Å². The molecule has 1 aromatic heterocycles. The average Bonchev–Trinajstić information content (AvgIpc) is 2.29. The summed E-state index contributed by atoms with van der Waals surface area (Å²) < 4.78 is 2.44. The Morgan fingerprint density at radius 3 is 2.33 bits per heavy atom. The van der Waals surface area contributed by atoms with Crippen molar-refractivity contribution in [2.24, 2.45) is 0 Å². The minimum absolute atomic E-state index is 0.793. The molecule has 0 aliphatic carbocycles. The fourth-order valence-electron chi connectivity index (χ4n) is 0.815. The molecule has 0 aromatic carbocycles. The fourth-order valence-corrected chi connectivity index (χ4v) is 8.85. The monoisotopic (exact) mass is 351 g/mol. The van der Waals surface area contributed by atoms with Gasteiger partial charge in [0.25, 0.3) is 0 Å². The molecule has 0 atom stereocenters. The van der Waals surface area contributed by atoms with Crippen LogP contribution in [0.2, 0.25) is 14.8 Å². The Morgan fingerprint density at radius 1 is 1.50 bits per heavy atom. The predicted octanol–water partition coefficient (Wildman–Crippen LogP) is 2.93. The number of thiophene rings is 1. The third-order valence-electron chi connectivity index (χ3n) is 1.55. The Hall–Kier alpha value is 0.469. The minimum atomic E-state index is -1.92. The van der Waals surface area contributed by atoms with Gasteiger partial charge in [0.1, 0.15) is 0 Å². The van der Waals surface area contributed by atoms with Gasteiger partial charge in [-0.25, -0.2) is 0 Å². The van der Waals surface area contributed by atoms with Gasteiger partial charge >= 0.3 is 90.1 Å². The van der Waals surface area contributed by atoms with E-state index in [4.69, 9.17) is 5.26 Å². The van der Waals surface area contributed by atoms with Gasteiger partial charge in [-0.2, -0.15) is 0 Å². The standard InChI is InChI=1S/C5HBrNS.3CH3.Sn/c6-5-4(3-7)1-2-8-5;;;;/h1H;3*1H3;. The summed E-state index contributed by atoms with van der Waals surface area (Å²) in [6.45, 7) is 0. The van der Waals surface area contributed by atoms with Crippen molar-refractivity contribution < 1.29 is 0 Å². The molecule has 1 heterocycles. The summed E-state index contributed by atoms with van der Waals surface area (Å²) in [4.78, 5) is 7.07. The molecule has 0 bridgehead atoms. The van der Waals surface area contributed by atoms with E-state index in [1.165, 1.54) is 2.89 Å². The molecular formula is C8H10BrNSSn. The maximum absolute atomic E-state index is 8.75. The zero-order valence-electron chi connectivity index (χ0n) is 7.31. The molecule has 0 aliphatic rings. The third-order valence-corrected chi connectivity index (χ3v) is 12.8. The summed E-state index contributed by atoms with van der Waals surface area (Å²) >= 11 is 3.21. The van der Waals surface area contributed by atoms with Crippen molar-refractivity contribution in [3.8, 4) is 6.07 Å². The van der Waals surface area contributed by atoms with Crippen molar-refractivity contribution in [2.45, 2.75) is 14.8 Å². The van der Waals surface area contributed by atoms with Crippen LogP contribution in [0.1, 0.15) is 5.56 Å². The van der Waals surface area contributed by atoms with Crippen molar-refractivity contribution in [3.05, 3.63) is 15.4 Å². The molecule has 0 saturated heterocycles. The van der Waals surface area contributed by atoms with E-state index in [-0.39, 0.29) is 0 Å². The number of halogens is 1. The van der Waals surface area contributed by atoms with Crippen LogP contribution in [0, 0.1) is 11.3 Å². The zero-order valence-corrected chi connectivity index (χ0v) is 12.6. The molecule has 12 heavy (non-hydrogen) atoms. The fraction of sp³-hybridized carbons (Fsp3) is 0.375. The first-order valence-electron chi connectivity index (χ1n) is 3.65. The second-order valence-corrected chi connectivity index (χ2v) is 21.4. The van der Waals surface area contributed by atoms with E-state index in [2.05, 4.69) is 36.8 Å². The van der Waals surface area contributed by atoms with Crippen molar-refractivity contribution in [1.29, 1.82) is 5.26 Å². The number of hydrogen-bond donors (Lipinski definition) is 0. The second kappa shape index (κ2) is 3.68. The first-order chi connectivity index (χ1) is 5.45. The quantitative estimate of drug-likeness (QED) is 0.714. The van der Waals surface area contributed by atoms with Gasteiger partial charge in [-0.15, -0.1) is 0 Å². The zero-order chi connectivity index (χ0) is 9.35. The van der Waals surface area contributed by atoms with Crippen LogP contribution in [0.4, 0.5) is 0 Å². The molecule has 1 nitrogen and oxygen atoms in total. The number of nitrogens with zero attached hydrogens (tertiary/aromatic N) is 1. The average molecular weight is 351 g/mol. The summed E-state index contributed by atoms with van der Waals surface area (Å²) in [5.41, 5.74) is 0.793. The summed E-state index contributed by atoms with van der Waals surface area (Å²) in [5, 5.41) is 8.75. The van der Waals surface area contributed by atoms with Gasteiger partial charge in [0.05, 0.1) is 0 Å². The molecule has 4 heteroatoms. The predicted molar refractivity (Wildman–Crippen MR) is 59.7 cm³/mol. The number of rotatable bonds is 1. The molecule has 0 aliphatic heterocycles. The first-order valence-corrected chi connectivity index (χ1v) is 15.2. The summed E-state index contributed by atoms with van der Waals surface area (Å²) in [6.07, 6.45) is 0. The second-order valence-electron chi connectivity index (χ2n) is 3.66. The van der Waals surface area contributed by atoms with Gasteiger partial charge in [0.2, 0.25) is 0 Å². The Labute approximate surface area is 89.4 Å². The normalized spacial score (nSPS) is 11.2. The Bertz CT molecular complexity index is 332. The van der Waals surface area contributed by atoms with Gasteiger partial charge < -0.3 is 0 Å². The number of nitriles is 1. The van der Waals surface area contributed by atoms with E-state index in [0.717, 1.165) is 9.35 Å². The van der Waals surface area contributed by atoms with Gasteiger partial charge in [0, 0.05) is 0 Å². The van der Waals surface area contributed by atoms with Gasteiger partial charge in [-0.05, 0) is 0 Å². The van der Waals surface area contributed by atoms with Gasteiger partial charge in [-0.3, -0.25) is 0 Å². The van der Waals surface area contributed by atoms with Crippen molar-refractivity contribution >= 4 is 48.5 Å². The van der Waals surface area contributed by atoms with Crippen molar-refractivity contribution in [2.75, 3.05) is 0 Å². The van der Waals surface area contributed by atoms with Crippen molar-refractivity contribution in [3.63, 3.8) is 0 Å². The molecule has 64 valence electrons. The molecule has 0 spiro atoms. The van der Waals surface area contributed by atoms with E-state index in [1.807, 2.05) is 6.07 Å². The van der Waals surface area contributed by atoms with E-state index in [0.29, 0.717) is 0 Å². The van der Waals surface area contributed by atoms with Crippen LogP contribution in [0.15, 0.2) is 9.85 Å².